The third kappa shape index (κ3) is 3.78. The highest BCUT2D eigenvalue weighted by atomic mass is 35.5. The fourth-order valence-electron chi connectivity index (χ4n) is 2.77. The molecular weight excluding hydrogens is 372 g/mol. The molecule has 2 aromatic rings. The Balaban J connectivity index is 2.04. The Bertz CT molecular complexity index is 851. The van der Waals surface area contributed by atoms with Crippen LogP contribution >= 0.6 is 11.6 Å². The molecule has 2 bridgehead atoms. The van der Waals surface area contributed by atoms with E-state index in [1.807, 2.05) is 6.92 Å². The predicted molar refractivity (Wildman–Crippen MR) is 102 cm³/mol. The van der Waals surface area contributed by atoms with E-state index in [-0.39, 0.29) is 5.97 Å². The summed E-state index contributed by atoms with van der Waals surface area (Å²) in [5, 5.41) is 11.3. The highest BCUT2D eigenvalue weighted by Gasteiger charge is 2.36. The topological polar surface area (TPSA) is 103 Å². The van der Waals surface area contributed by atoms with Gasteiger partial charge in [-0.3, -0.25) is 0 Å². The quantitative estimate of drug-likeness (QED) is 0.766. The van der Waals surface area contributed by atoms with Gasteiger partial charge < -0.3 is 20.1 Å². The van der Waals surface area contributed by atoms with Crippen molar-refractivity contribution >= 4 is 35.0 Å². The maximum Gasteiger partial charge on any atom is 0.333 e. The van der Waals surface area contributed by atoms with Gasteiger partial charge >= 0.3 is 5.97 Å². The van der Waals surface area contributed by atoms with Crippen molar-refractivity contribution in [2.45, 2.75) is 39.7 Å². The SMILES string of the molecule is CCOC(=O)C(C)(C)n1nc2c(c1C)Nc1ncc(Cl)c(n1)NCCCO2. The van der Waals surface area contributed by atoms with Crippen LogP contribution < -0.4 is 15.4 Å². The summed E-state index contributed by atoms with van der Waals surface area (Å²) in [7, 11) is 0. The first-order valence-electron chi connectivity index (χ1n) is 8.78. The molecule has 27 heavy (non-hydrogen) atoms. The summed E-state index contributed by atoms with van der Waals surface area (Å²) in [6.07, 6.45) is 2.25. The van der Waals surface area contributed by atoms with Gasteiger partial charge in [-0.15, -0.1) is 5.10 Å². The van der Waals surface area contributed by atoms with Crippen molar-refractivity contribution in [1.82, 2.24) is 19.7 Å². The van der Waals surface area contributed by atoms with E-state index in [4.69, 9.17) is 21.1 Å². The van der Waals surface area contributed by atoms with Gasteiger partial charge in [0, 0.05) is 6.54 Å². The molecule has 0 unspecified atom stereocenters. The van der Waals surface area contributed by atoms with E-state index in [9.17, 15) is 4.79 Å². The van der Waals surface area contributed by atoms with E-state index in [1.165, 1.54) is 6.20 Å². The van der Waals surface area contributed by atoms with Crippen molar-refractivity contribution in [3.63, 3.8) is 0 Å². The average molecular weight is 395 g/mol. The lowest BCUT2D eigenvalue weighted by Crippen LogP contribution is -2.39. The third-order valence-electron chi connectivity index (χ3n) is 4.22. The molecular formula is C17H23ClN6O3. The maximum atomic E-state index is 12.4. The fraction of sp³-hybridized carbons (Fsp3) is 0.529. The highest BCUT2D eigenvalue weighted by Crippen LogP contribution is 2.34. The van der Waals surface area contributed by atoms with E-state index >= 15 is 0 Å². The van der Waals surface area contributed by atoms with Crippen molar-refractivity contribution in [1.29, 1.82) is 0 Å². The van der Waals surface area contributed by atoms with E-state index in [0.29, 0.717) is 53.8 Å². The standard InChI is InChI=1S/C17H23ClN6O3/c1-5-26-15(25)17(3,4)24-10(2)12-14(23-24)27-8-6-7-19-13-11(18)9-20-16(21-12)22-13/h9H,5-8H2,1-4H3,(H2,19,20,21,22). The van der Waals surface area contributed by atoms with Gasteiger partial charge in [-0.1, -0.05) is 11.6 Å². The Morgan fingerprint density at radius 2 is 2.26 bits per heavy atom. The lowest BCUT2D eigenvalue weighted by atomic mass is 10.1. The third-order valence-corrected chi connectivity index (χ3v) is 4.50. The second kappa shape index (κ2) is 7.59. The number of carbonyl (C=O) groups excluding carboxylic acids is 1. The number of hydrogen-bond donors (Lipinski definition) is 2. The number of esters is 1. The van der Waals surface area contributed by atoms with Gasteiger partial charge in [0.15, 0.2) is 11.4 Å². The van der Waals surface area contributed by atoms with Gasteiger partial charge in [-0.05, 0) is 34.1 Å². The molecule has 0 amide bonds. The summed E-state index contributed by atoms with van der Waals surface area (Å²) in [5.41, 5.74) is 0.306. The van der Waals surface area contributed by atoms with Crippen LogP contribution in [0.1, 0.15) is 32.9 Å². The summed E-state index contributed by atoms with van der Waals surface area (Å²) in [4.78, 5) is 21.0. The van der Waals surface area contributed by atoms with Crippen LogP contribution in [0.15, 0.2) is 6.20 Å². The first kappa shape index (κ1) is 19.2. The van der Waals surface area contributed by atoms with Crippen molar-refractivity contribution in [3.8, 4) is 5.88 Å². The minimum absolute atomic E-state index is 0.297. The molecule has 9 nitrogen and oxygen atoms in total. The van der Waals surface area contributed by atoms with E-state index in [2.05, 4.69) is 25.7 Å². The smallest absolute Gasteiger partial charge is 0.333 e. The van der Waals surface area contributed by atoms with Crippen molar-refractivity contribution in [3.05, 3.63) is 16.9 Å². The van der Waals surface area contributed by atoms with Gasteiger partial charge in [-0.25, -0.2) is 14.5 Å². The number of rotatable bonds is 3. The Kier molecular flexibility index (Phi) is 5.41. The molecule has 146 valence electrons. The van der Waals surface area contributed by atoms with E-state index in [0.717, 1.165) is 6.42 Å². The Morgan fingerprint density at radius 3 is 3.00 bits per heavy atom. The van der Waals surface area contributed by atoms with Crippen LogP contribution in [0, 0.1) is 6.92 Å². The predicted octanol–water partition coefficient (Wildman–Crippen LogP) is 2.87. The number of anilines is 3. The molecule has 0 fully saturated rings. The van der Waals surface area contributed by atoms with E-state index < -0.39 is 5.54 Å². The number of halogens is 1. The molecule has 3 heterocycles. The first-order chi connectivity index (χ1) is 12.8. The molecule has 3 rings (SSSR count). The number of aromatic nitrogens is 4. The minimum atomic E-state index is -0.997. The van der Waals surface area contributed by atoms with Crippen molar-refractivity contribution in [2.75, 3.05) is 30.4 Å². The molecule has 0 aliphatic carbocycles. The molecule has 2 aromatic heterocycles. The van der Waals surface area contributed by atoms with Crippen LogP contribution in [0.5, 0.6) is 5.88 Å². The zero-order valence-electron chi connectivity index (χ0n) is 15.8. The summed E-state index contributed by atoms with van der Waals surface area (Å²) in [6.45, 7) is 8.50. The van der Waals surface area contributed by atoms with E-state index in [1.54, 1.807) is 25.5 Å². The molecule has 1 aliphatic rings. The number of nitrogens with zero attached hydrogens (tertiary/aromatic N) is 4. The number of carbonyl (C=O) groups is 1. The van der Waals surface area contributed by atoms with Gasteiger partial charge in [0.25, 0.3) is 5.88 Å². The molecule has 0 aromatic carbocycles. The van der Waals surface area contributed by atoms with Gasteiger partial charge in [0.2, 0.25) is 5.95 Å². The largest absolute Gasteiger partial charge is 0.475 e. The summed E-state index contributed by atoms with van der Waals surface area (Å²) >= 11 is 6.14. The Hall–Kier alpha value is -2.55. The van der Waals surface area contributed by atoms with Crippen LogP contribution in [0.3, 0.4) is 0 Å². The Morgan fingerprint density at radius 1 is 1.48 bits per heavy atom. The molecule has 0 spiro atoms. The lowest BCUT2D eigenvalue weighted by Gasteiger charge is -2.24. The van der Waals surface area contributed by atoms with Crippen LogP contribution in [-0.4, -0.2) is 45.5 Å². The number of ether oxygens (including phenoxy) is 2. The lowest BCUT2D eigenvalue weighted by molar-refractivity contribution is -0.152. The van der Waals surface area contributed by atoms with Gasteiger partial charge in [0.05, 0.1) is 25.1 Å². The Labute approximate surface area is 162 Å². The molecule has 0 saturated heterocycles. The van der Waals surface area contributed by atoms with Crippen LogP contribution in [-0.2, 0) is 15.1 Å². The minimum Gasteiger partial charge on any atom is -0.475 e. The molecule has 0 atom stereocenters. The van der Waals surface area contributed by atoms with Crippen LogP contribution in [0.4, 0.5) is 17.5 Å². The van der Waals surface area contributed by atoms with Gasteiger partial charge in [0.1, 0.15) is 10.7 Å². The molecule has 1 aliphatic heterocycles. The molecule has 0 saturated carbocycles. The summed E-state index contributed by atoms with van der Waals surface area (Å²) < 4.78 is 12.6. The second-order valence-corrected chi connectivity index (χ2v) is 7.01. The zero-order valence-corrected chi connectivity index (χ0v) is 16.6. The van der Waals surface area contributed by atoms with Crippen molar-refractivity contribution < 1.29 is 14.3 Å². The van der Waals surface area contributed by atoms with Crippen LogP contribution in [0.2, 0.25) is 5.02 Å². The molecule has 2 N–H and O–H groups in total. The van der Waals surface area contributed by atoms with Crippen molar-refractivity contribution in [2.24, 2.45) is 0 Å². The summed E-state index contributed by atoms with van der Waals surface area (Å²) in [6, 6.07) is 0. The normalized spacial score (nSPS) is 14.1. The average Bonchev–Trinajstić information content (AvgIpc) is 2.92. The number of nitrogens with one attached hydrogen (secondary N) is 2. The summed E-state index contributed by atoms with van der Waals surface area (Å²) in [5.74, 6) is 0.913. The number of fused-ring (bicyclic) bond motifs is 3. The maximum absolute atomic E-state index is 12.4. The fourth-order valence-corrected chi connectivity index (χ4v) is 2.93. The van der Waals surface area contributed by atoms with Crippen LogP contribution in [0.25, 0.3) is 0 Å². The highest BCUT2D eigenvalue weighted by molar-refractivity contribution is 6.32. The van der Waals surface area contributed by atoms with Gasteiger partial charge in [-0.2, -0.15) is 4.98 Å². The molecule has 0 radical (unpaired) electrons. The molecule has 10 heteroatoms. The zero-order chi connectivity index (χ0) is 19.6. The number of hydrogen-bond acceptors (Lipinski definition) is 8. The first-order valence-corrected chi connectivity index (χ1v) is 9.16. The monoisotopic (exact) mass is 394 g/mol. The second-order valence-electron chi connectivity index (χ2n) is 6.60.